The summed E-state index contributed by atoms with van der Waals surface area (Å²) in [5.41, 5.74) is 2.68. The van der Waals surface area contributed by atoms with Gasteiger partial charge < -0.3 is 14.7 Å². The van der Waals surface area contributed by atoms with Crippen LogP contribution >= 0.6 is 11.6 Å². The molecule has 2 aliphatic rings. The largest absolute Gasteiger partial charge is 0.367 e. The third-order valence-corrected chi connectivity index (χ3v) is 6.12. The van der Waals surface area contributed by atoms with Gasteiger partial charge in [-0.3, -0.25) is 19.7 Å². The first-order valence-electron chi connectivity index (χ1n) is 9.97. The van der Waals surface area contributed by atoms with E-state index in [0.717, 1.165) is 29.7 Å². The van der Waals surface area contributed by atoms with Crippen LogP contribution < -0.4 is 9.80 Å². The van der Waals surface area contributed by atoms with Crippen molar-refractivity contribution >= 4 is 45.7 Å². The van der Waals surface area contributed by atoms with Crippen molar-refractivity contribution in [2.24, 2.45) is 5.92 Å². The molecule has 2 aromatic heterocycles. The van der Waals surface area contributed by atoms with Crippen molar-refractivity contribution < 1.29 is 9.59 Å². The van der Waals surface area contributed by atoms with E-state index < -0.39 is 0 Å². The van der Waals surface area contributed by atoms with Gasteiger partial charge in [-0.15, -0.1) is 0 Å². The Kier molecular flexibility index (Phi) is 4.78. The normalized spacial score (nSPS) is 19.7. The average molecular weight is 425 g/mol. The Balaban J connectivity index is 1.25. The molecular weight excluding hydrogens is 404 g/mol. The highest BCUT2D eigenvalue weighted by molar-refractivity contribution is 6.31. The van der Waals surface area contributed by atoms with Gasteiger partial charge in [0, 0.05) is 67.6 Å². The predicted molar refractivity (Wildman–Crippen MR) is 115 cm³/mol. The number of rotatable bonds is 3. The van der Waals surface area contributed by atoms with Gasteiger partial charge in [-0.05, 0) is 24.3 Å². The van der Waals surface area contributed by atoms with Gasteiger partial charge in [0.05, 0.1) is 23.3 Å². The summed E-state index contributed by atoms with van der Waals surface area (Å²) in [4.78, 5) is 35.6. The number of carbonyl (C=O) groups is 2. The van der Waals surface area contributed by atoms with Crippen LogP contribution in [0.3, 0.4) is 0 Å². The lowest BCUT2D eigenvalue weighted by Gasteiger charge is -2.37. The van der Waals surface area contributed by atoms with Gasteiger partial charge >= 0.3 is 0 Å². The number of piperazine rings is 1. The minimum Gasteiger partial charge on any atom is -0.367 e. The molecule has 1 atom stereocenters. The first-order chi connectivity index (χ1) is 14.6. The van der Waals surface area contributed by atoms with Crippen LogP contribution in [0.1, 0.15) is 6.42 Å². The van der Waals surface area contributed by atoms with Crippen LogP contribution in [0.15, 0.2) is 42.9 Å². The Hall–Kier alpha value is -3.13. The molecule has 1 unspecified atom stereocenters. The molecule has 2 aliphatic heterocycles. The topological polar surface area (TPSA) is 85.4 Å². The Labute approximate surface area is 178 Å². The van der Waals surface area contributed by atoms with E-state index in [-0.39, 0.29) is 24.2 Å². The second kappa shape index (κ2) is 7.60. The van der Waals surface area contributed by atoms with Gasteiger partial charge in [0.25, 0.3) is 0 Å². The molecule has 8 nitrogen and oxygen atoms in total. The molecule has 2 fully saturated rings. The van der Waals surface area contributed by atoms with E-state index >= 15 is 0 Å². The second-order valence-corrected chi connectivity index (χ2v) is 8.10. The number of aromatic amines is 1. The van der Waals surface area contributed by atoms with Crippen molar-refractivity contribution in [1.29, 1.82) is 0 Å². The molecule has 1 N–H and O–H groups in total. The Bertz CT molecular complexity index is 1090. The van der Waals surface area contributed by atoms with Crippen molar-refractivity contribution in [1.82, 2.24) is 20.1 Å². The van der Waals surface area contributed by atoms with Crippen LogP contribution in [-0.4, -0.2) is 64.6 Å². The fraction of sp³-hybridized carbons (Fsp3) is 0.333. The molecular formula is C21H21ClN6O2. The van der Waals surface area contributed by atoms with Gasteiger partial charge in [-0.2, -0.15) is 5.10 Å². The summed E-state index contributed by atoms with van der Waals surface area (Å²) < 4.78 is 0. The molecule has 0 radical (unpaired) electrons. The van der Waals surface area contributed by atoms with E-state index in [1.165, 1.54) is 0 Å². The molecule has 2 saturated heterocycles. The minimum absolute atomic E-state index is 0.0321. The van der Waals surface area contributed by atoms with Crippen LogP contribution in [0, 0.1) is 5.92 Å². The number of hydrogen-bond acceptors (Lipinski definition) is 5. The monoisotopic (exact) mass is 424 g/mol. The van der Waals surface area contributed by atoms with E-state index in [1.807, 2.05) is 29.2 Å². The first-order valence-corrected chi connectivity index (χ1v) is 10.3. The zero-order chi connectivity index (χ0) is 20.7. The van der Waals surface area contributed by atoms with Gasteiger partial charge in [0.2, 0.25) is 11.8 Å². The lowest BCUT2D eigenvalue weighted by atomic mass is 10.1. The number of aromatic nitrogens is 3. The summed E-state index contributed by atoms with van der Waals surface area (Å²) in [6.45, 7) is 3.14. The summed E-state index contributed by atoms with van der Waals surface area (Å²) >= 11 is 6.10. The third kappa shape index (κ3) is 3.37. The van der Waals surface area contributed by atoms with Crippen LogP contribution in [0.5, 0.6) is 0 Å². The molecule has 0 saturated carbocycles. The second-order valence-electron chi connectivity index (χ2n) is 7.67. The quantitative estimate of drug-likeness (QED) is 0.697. The van der Waals surface area contributed by atoms with Crippen molar-refractivity contribution in [2.45, 2.75) is 6.42 Å². The van der Waals surface area contributed by atoms with Crippen molar-refractivity contribution in [2.75, 3.05) is 42.5 Å². The zero-order valence-electron chi connectivity index (χ0n) is 16.3. The molecule has 3 aromatic rings. The number of anilines is 2. The molecule has 0 aliphatic carbocycles. The number of fused-ring (bicyclic) bond motifs is 1. The molecule has 154 valence electrons. The SMILES string of the molecule is O=C(C1CC(=O)N(c2cn[nH]c2)C1)N1CCN(c2ccnc3cc(Cl)ccc23)CC1. The summed E-state index contributed by atoms with van der Waals surface area (Å²) in [6, 6.07) is 7.74. The number of carbonyl (C=O) groups excluding carboxylic acids is 2. The number of nitrogens with one attached hydrogen (secondary N) is 1. The number of amides is 2. The number of H-pyrrole nitrogens is 1. The molecule has 30 heavy (non-hydrogen) atoms. The maximum absolute atomic E-state index is 13.0. The maximum Gasteiger partial charge on any atom is 0.228 e. The lowest BCUT2D eigenvalue weighted by Crippen LogP contribution is -2.50. The third-order valence-electron chi connectivity index (χ3n) is 5.88. The molecule has 0 bridgehead atoms. The van der Waals surface area contributed by atoms with Gasteiger partial charge in [-0.1, -0.05) is 11.6 Å². The van der Waals surface area contributed by atoms with E-state index in [9.17, 15) is 9.59 Å². The molecule has 5 rings (SSSR count). The van der Waals surface area contributed by atoms with Crippen LogP contribution in [0.2, 0.25) is 5.02 Å². The Morgan fingerprint density at radius 1 is 1.17 bits per heavy atom. The van der Waals surface area contributed by atoms with E-state index in [4.69, 9.17) is 11.6 Å². The Morgan fingerprint density at radius 2 is 2.00 bits per heavy atom. The zero-order valence-corrected chi connectivity index (χ0v) is 17.0. The molecule has 4 heterocycles. The fourth-order valence-electron chi connectivity index (χ4n) is 4.32. The Morgan fingerprint density at radius 3 is 2.77 bits per heavy atom. The maximum atomic E-state index is 13.0. The summed E-state index contributed by atoms with van der Waals surface area (Å²) in [6.07, 6.45) is 5.32. The highest BCUT2D eigenvalue weighted by atomic mass is 35.5. The highest BCUT2D eigenvalue weighted by Gasteiger charge is 2.38. The van der Waals surface area contributed by atoms with Gasteiger partial charge in [0.1, 0.15) is 0 Å². The average Bonchev–Trinajstić information content (AvgIpc) is 3.42. The lowest BCUT2D eigenvalue weighted by molar-refractivity contribution is -0.136. The number of benzene rings is 1. The molecule has 9 heteroatoms. The van der Waals surface area contributed by atoms with Crippen LogP contribution in [-0.2, 0) is 9.59 Å². The smallest absolute Gasteiger partial charge is 0.228 e. The molecule has 2 amide bonds. The fourth-order valence-corrected chi connectivity index (χ4v) is 4.49. The van der Waals surface area contributed by atoms with E-state index in [2.05, 4.69) is 20.1 Å². The highest BCUT2D eigenvalue weighted by Crippen LogP contribution is 2.29. The summed E-state index contributed by atoms with van der Waals surface area (Å²) in [5, 5.41) is 8.33. The summed E-state index contributed by atoms with van der Waals surface area (Å²) in [7, 11) is 0. The number of halogens is 1. The molecule has 1 aromatic carbocycles. The van der Waals surface area contributed by atoms with Crippen molar-refractivity contribution in [3.63, 3.8) is 0 Å². The van der Waals surface area contributed by atoms with Crippen molar-refractivity contribution in [3.8, 4) is 0 Å². The van der Waals surface area contributed by atoms with E-state index in [1.54, 1.807) is 23.5 Å². The van der Waals surface area contributed by atoms with Gasteiger partial charge in [0.15, 0.2) is 0 Å². The van der Waals surface area contributed by atoms with Gasteiger partial charge in [-0.25, -0.2) is 0 Å². The van der Waals surface area contributed by atoms with Crippen LogP contribution in [0.25, 0.3) is 10.9 Å². The van der Waals surface area contributed by atoms with Crippen LogP contribution in [0.4, 0.5) is 11.4 Å². The van der Waals surface area contributed by atoms with Crippen molar-refractivity contribution in [3.05, 3.63) is 47.9 Å². The number of hydrogen-bond donors (Lipinski definition) is 1. The molecule has 0 spiro atoms. The minimum atomic E-state index is -0.303. The first kappa shape index (κ1) is 18.9. The van der Waals surface area contributed by atoms with E-state index in [0.29, 0.717) is 30.3 Å². The predicted octanol–water partition coefficient (Wildman–Crippen LogP) is 2.31. The number of pyridine rings is 1. The standard InChI is InChI=1S/C21H21ClN6O2/c22-15-1-2-17-18(10-15)23-4-3-19(17)26-5-7-27(8-6-26)21(30)14-9-20(29)28(13-14)16-11-24-25-12-16/h1-4,10-12,14H,5-9,13H2,(H,24,25). The summed E-state index contributed by atoms with van der Waals surface area (Å²) in [5.74, 6) is -0.279. The number of nitrogens with zero attached hydrogens (tertiary/aromatic N) is 5.